The minimum Gasteiger partial charge on any atom is -0.462 e. The van der Waals surface area contributed by atoms with Crippen molar-refractivity contribution in [1.82, 2.24) is 0 Å². The summed E-state index contributed by atoms with van der Waals surface area (Å²) in [6, 6.07) is 0. The van der Waals surface area contributed by atoms with Crippen LogP contribution in [0.1, 0.15) is 6.92 Å². The summed E-state index contributed by atoms with van der Waals surface area (Å²) in [6.45, 7) is 8.68. The van der Waals surface area contributed by atoms with Gasteiger partial charge >= 0.3 is 13.1 Å². The predicted molar refractivity (Wildman–Crippen MR) is 54.2 cm³/mol. The summed E-state index contributed by atoms with van der Waals surface area (Å²) in [5.74, 6) is -0.565. The maximum absolute atomic E-state index is 11.2. The average molecular weight is 196 g/mol. The van der Waals surface area contributed by atoms with Crippen LogP contribution < -0.4 is 0 Å². The largest absolute Gasteiger partial charge is 0.487 e. The molecule has 0 atom stereocenters. The minimum atomic E-state index is -1.68. The van der Waals surface area contributed by atoms with E-state index in [1.54, 1.807) is 6.92 Å². The monoisotopic (exact) mass is 196 g/mol. The van der Waals surface area contributed by atoms with Gasteiger partial charge in [0.2, 0.25) is 0 Å². The van der Waals surface area contributed by atoms with Gasteiger partial charge in [0, 0.05) is 0 Å². The Morgan fingerprint density at radius 3 is 2.50 bits per heavy atom. The molecule has 0 aromatic rings. The summed E-state index contributed by atoms with van der Waals surface area (Å²) >= 11 is 0. The molecule has 0 rings (SSSR count). The Morgan fingerprint density at radius 1 is 1.57 bits per heavy atom. The first-order chi connectivity index (χ1) is 6.52. The molecule has 0 aromatic carbocycles. The smallest absolute Gasteiger partial charge is 0.462 e. The van der Waals surface area contributed by atoms with E-state index < -0.39 is 13.1 Å². The zero-order valence-electron chi connectivity index (χ0n) is 8.06. The summed E-state index contributed by atoms with van der Waals surface area (Å²) in [6.07, 6.45) is 2.49. The van der Waals surface area contributed by atoms with Gasteiger partial charge in [-0.2, -0.15) is 0 Å². The van der Waals surface area contributed by atoms with Gasteiger partial charge in [0.15, 0.2) is 0 Å². The van der Waals surface area contributed by atoms with Crippen LogP contribution in [0.3, 0.4) is 0 Å². The Kier molecular flexibility index (Phi) is 5.59. The van der Waals surface area contributed by atoms with Crippen LogP contribution >= 0.6 is 0 Å². The second kappa shape index (κ2) is 6.18. The number of carbonyl (C=O) groups is 1. The first-order valence-corrected chi connectivity index (χ1v) is 4.09. The van der Waals surface area contributed by atoms with Gasteiger partial charge < -0.3 is 14.8 Å². The highest BCUT2D eigenvalue weighted by atomic mass is 16.5. The second-order valence-electron chi connectivity index (χ2n) is 2.47. The molecule has 0 aromatic heterocycles. The highest BCUT2D eigenvalue weighted by Gasteiger charge is 2.13. The molecule has 0 aliphatic heterocycles. The molecule has 4 nitrogen and oxygen atoms in total. The third-order valence-corrected chi connectivity index (χ3v) is 1.40. The molecule has 14 heavy (non-hydrogen) atoms. The molecule has 76 valence electrons. The molecule has 0 aliphatic rings. The van der Waals surface area contributed by atoms with Gasteiger partial charge in [-0.15, -0.1) is 0 Å². The third kappa shape index (κ3) is 4.07. The number of ether oxygens (including phenoxy) is 1. The van der Waals surface area contributed by atoms with E-state index in [2.05, 4.69) is 13.2 Å². The predicted octanol–water partition coefficient (Wildman–Crippen LogP) is 0.230. The standard InChI is InChI=1S/C9H13BO4/c1-4-8(9(11)14-5-2)6-7(3)10(12)13/h4,6,12-13H,1,3,5H2,2H3/b8-6+. The Bertz CT molecular complexity index is 268. The number of esters is 1. The highest BCUT2D eigenvalue weighted by Crippen LogP contribution is 2.05. The van der Waals surface area contributed by atoms with Gasteiger partial charge in [-0.1, -0.05) is 19.2 Å². The number of rotatable bonds is 5. The zero-order chi connectivity index (χ0) is 11.1. The van der Waals surface area contributed by atoms with E-state index >= 15 is 0 Å². The summed E-state index contributed by atoms with van der Waals surface area (Å²) < 4.78 is 4.69. The average Bonchev–Trinajstić information content (AvgIpc) is 2.13. The number of allylic oxidation sites excluding steroid dienone is 2. The van der Waals surface area contributed by atoms with Crippen molar-refractivity contribution >= 4 is 13.1 Å². The fourth-order valence-corrected chi connectivity index (χ4v) is 0.690. The minimum absolute atomic E-state index is 0.00736. The van der Waals surface area contributed by atoms with Crippen molar-refractivity contribution in [2.75, 3.05) is 6.61 Å². The van der Waals surface area contributed by atoms with Gasteiger partial charge in [-0.25, -0.2) is 4.79 Å². The van der Waals surface area contributed by atoms with Crippen LogP contribution in [0.2, 0.25) is 0 Å². The Labute approximate surface area is 83.3 Å². The second-order valence-corrected chi connectivity index (χ2v) is 2.47. The molecule has 0 amide bonds. The molecule has 5 heteroatoms. The molecular weight excluding hydrogens is 183 g/mol. The van der Waals surface area contributed by atoms with Crippen LogP contribution in [0.25, 0.3) is 0 Å². The lowest BCUT2D eigenvalue weighted by atomic mass is 9.79. The van der Waals surface area contributed by atoms with Gasteiger partial charge in [0.1, 0.15) is 0 Å². The molecule has 0 unspecified atom stereocenters. The molecule has 0 spiro atoms. The van der Waals surface area contributed by atoms with Crippen LogP contribution in [0.5, 0.6) is 0 Å². The first kappa shape index (κ1) is 12.7. The van der Waals surface area contributed by atoms with E-state index in [-0.39, 0.29) is 17.7 Å². The molecule has 0 saturated carbocycles. The van der Waals surface area contributed by atoms with E-state index in [4.69, 9.17) is 14.8 Å². The van der Waals surface area contributed by atoms with Crippen LogP contribution in [0.4, 0.5) is 0 Å². The van der Waals surface area contributed by atoms with E-state index in [0.29, 0.717) is 0 Å². The lowest BCUT2D eigenvalue weighted by molar-refractivity contribution is -0.138. The molecule has 0 bridgehead atoms. The summed E-state index contributed by atoms with van der Waals surface area (Å²) in [5.41, 5.74) is 0.151. The van der Waals surface area contributed by atoms with Crippen LogP contribution in [0, 0.1) is 0 Å². The Balaban J connectivity index is 4.63. The lowest BCUT2D eigenvalue weighted by Crippen LogP contribution is -2.14. The van der Waals surface area contributed by atoms with Crippen molar-refractivity contribution in [2.24, 2.45) is 0 Å². The SMILES string of the molecule is C=C/C(=C\C(=C)B(O)O)C(=O)OCC. The van der Waals surface area contributed by atoms with Crippen LogP contribution in [-0.2, 0) is 9.53 Å². The molecular formula is C9H13BO4. The van der Waals surface area contributed by atoms with Crippen LogP contribution in [0.15, 0.2) is 36.4 Å². The number of hydrogen-bond acceptors (Lipinski definition) is 4. The number of hydrogen-bond donors (Lipinski definition) is 2. The van der Waals surface area contributed by atoms with E-state index in [0.717, 1.165) is 0 Å². The van der Waals surface area contributed by atoms with Gasteiger partial charge in [-0.3, -0.25) is 0 Å². The molecule has 2 N–H and O–H groups in total. The number of carbonyl (C=O) groups excluding carboxylic acids is 1. The fourth-order valence-electron chi connectivity index (χ4n) is 0.690. The normalized spacial score (nSPS) is 10.6. The summed E-state index contributed by atoms with van der Waals surface area (Å²) in [4.78, 5) is 11.2. The first-order valence-electron chi connectivity index (χ1n) is 4.09. The third-order valence-electron chi connectivity index (χ3n) is 1.40. The molecule has 0 saturated heterocycles. The van der Waals surface area contributed by atoms with Gasteiger partial charge in [0.05, 0.1) is 12.2 Å². The van der Waals surface area contributed by atoms with E-state index in [9.17, 15) is 4.79 Å². The van der Waals surface area contributed by atoms with Gasteiger partial charge in [-0.05, 0) is 18.5 Å². The van der Waals surface area contributed by atoms with Crippen molar-refractivity contribution in [2.45, 2.75) is 6.92 Å². The fraction of sp³-hybridized carbons (Fsp3) is 0.222. The van der Waals surface area contributed by atoms with Crippen molar-refractivity contribution < 1.29 is 19.6 Å². The molecule has 0 radical (unpaired) electrons. The topological polar surface area (TPSA) is 66.8 Å². The zero-order valence-corrected chi connectivity index (χ0v) is 8.06. The Hall–Kier alpha value is -1.33. The lowest BCUT2D eigenvalue weighted by Gasteiger charge is -2.03. The maximum atomic E-state index is 11.2. The van der Waals surface area contributed by atoms with Gasteiger partial charge in [0.25, 0.3) is 0 Å². The molecule has 0 heterocycles. The highest BCUT2D eigenvalue weighted by molar-refractivity contribution is 6.51. The van der Waals surface area contributed by atoms with E-state index in [1.807, 2.05) is 0 Å². The summed E-state index contributed by atoms with van der Waals surface area (Å²) in [7, 11) is -1.68. The van der Waals surface area contributed by atoms with Crippen LogP contribution in [-0.4, -0.2) is 29.7 Å². The maximum Gasteiger partial charge on any atom is 0.487 e. The molecule has 0 fully saturated rings. The van der Waals surface area contributed by atoms with Crippen molar-refractivity contribution in [3.8, 4) is 0 Å². The summed E-state index contributed by atoms with van der Waals surface area (Å²) in [5, 5.41) is 17.4. The molecule has 0 aliphatic carbocycles. The van der Waals surface area contributed by atoms with E-state index in [1.165, 1.54) is 12.2 Å². The quantitative estimate of drug-likeness (QED) is 0.286. The van der Waals surface area contributed by atoms with Crippen molar-refractivity contribution in [3.05, 3.63) is 36.4 Å². The Morgan fingerprint density at radius 2 is 2.14 bits per heavy atom. The van der Waals surface area contributed by atoms with Crippen molar-refractivity contribution in [3.63, 3.8) is 0 Å². The van der Waals surface area contributed by atoms with Crippen molar-refractivity contribution in [1.29, 1.82) is 0 Å².